The molecule has 3 aliphatic heterocycles. The molecule has 3 heterocycles. The number of rotatable bonds is 2. The predicted octanol–water partition coefficient (Wildman–Crippen LogP) is 3.28. The number of phenolic OH excluding ortho intramolecular Hbond substituents is 1. The maximum absolute atomic E-state index is 11.9. The lowest BCUT2D eigenvalue weighted by molar-refractivity contribution is -0.159. The number of hydrazone groups is 1. The van der Waals surface area contributed by atoms with Gasteiger partial charge in [-0.1, -0.05) is 24.3 Å². The SMILES string of the molecule is COc1cccc2c1OC1(CCN(C(C)=O)CC1)N1N=C(c3ccccc3O)C[C@@H]21. The average molecular weight is 407 g/mol. The van der Waals surface area contributed by atoms with Gasteiger partial charge < -0.3 is 19.5 Å². The fraction of sp³-hybridized carbons (Fsp3) is 0.391. The Kier molecular flexibility index (Phi) is 4.34. The lowest BCUT2D eigenvalue weighted by atomic mass is 9.90. The van der Waals surface area contributed by atoms with E-state index in [0.717, 1.165) is 22.6 Å². The van der Waals surface area contributed by atoms with Crippen molar-refractivity contribution in [2.75, 3.05) is 20.2 Å². The number of hydrogen-bond donors (Lipinski definition) is 1. The minimum atomic E-state index is -0.648. The van der Waals surface area contributed by atoms with Crippen molar-refractivity contribution in [3.8, 4) is 17.2 Å². The van der Waals surface area contributed by atoms with Crippen molar-refractivity contribution in [2.45, 2.75) is 38.0 Å². The van der Waals surface area contributed by atoms with E-state index in [1.165, 1.54) is 0 Å². The van der Waals surface area contributed by atoms with E-state index in [0.29, 0.717) is 38.1 Å². The molecular weight excluding hydrogens is 382 g/mol. The molecule has 7 heteroatoms. The molecule has 156 valence electrons. The highest BCUT2D eigenvalue weighted by Crippen LogP contribution is 2.52. The molecule has 0 saturated carbocycles. The Balaban J connectivity index is 1.59. The molecule has 0 bridgehead atoms. The third-order valence-electron chi connectivity index (χ3n) is 6.41. The molecule has 2 aromatic carbocycles. The first kappa shape index (κ1) is 18.8. The van der Waals surface area contributed by atoms with Gasteiger partial charge >= 0.3 is 0 Å². The fourth-order valence-electron chi connectivity index (χ4n) is 4.81. The number of methoxy groups -OCH3 is 1. The van der Waals surface area contributed by atoms with Gasteiger partial charge in [-0.2, -0.15) is 5.10 Å². The fourth-order valence-corrected chi connectivity index (χ4v) is 4.81. The zero-order valence-corrected chi connectivity index (χ0v) is 17.2. The molecule has 0 radical (unpaired) electrons. The van der Waals surface area contributed by atoms with Crippen molar-refractivity contribution in [1.29, 1.82) is 0 Å². The number of ether oxygens (including phenoxy) is 2. The van der Waals surface area contributed by atoms with Gasteiger partial charge in [-0.15, -0.1) is 0 Å². The Bertz CT molecular complexity index is 1030. The Morgan fingerprint density at radius 1 is 1.20 bits per heavy atom. The number of fused-ring (bicyclic) bond motifs is 4. The molecule has 5 rings (SSSR count). The van der Waals surface area contributed by atoms with Gasteiger partial charge in [0, 0.05) is 50.4 Å². The maximum Gasteiger partial charge on any atom is 0.219 e. The number of aromatic hydroxyl groups is 1. The molecule has 30 heavy (non-hydrogen) atoms. The topological polar surface area (TPSA) is 74.6 Å². The third-order valence-corrected chi connectivity index (χ3v) is 6.41. The number of piperidine rings is 1. The minimum absolute atomic E-state index is 0.0117. The zero-order valence-electron chi connectivity index (χ0n) is 17.2. The van der Waals surface area contributed by atoms with E-state index in [1.54, 1.807) is 20.1 Å². The molecule has 0 unspecified atom stereocenters. The van der Waals surface area contributed by atoms with Crippen molar-refractivity contribution in [1.82, 2.24) is 9.91 Å². The molecule has 1 amide bonds. The van der Waals surface area contributed by atoms with Crippen LogP contribution in [0.3, 0.4) is 0 Å². The smallest absolute Gasteiger partial charge is 0.219 e. The van der Waals surface area contributed by atoms with Gasteiger partial charge in [-0.25, -0.2) is 5.01 Å². The van der Waals surface area contributed by atoms with Crippen molar-refractivity contribution in [3.05, 3.63) is 53.6 Å². The van der Waals surface area contributed by atoms with Gasteiger partial charge in [0.05, 0.1) is 18.9 Å². The van der Waals surface area contributed by atoms with E-state index >= 15 is 0 Å². The van der Waals surface area contributed by atoms with Crippen LogP contribution in [0.1, 0.15) is 43.4 Å². The van der Waals surface area contributed by atoms with Crippen LogP contribution in [0.2, 0.25) is 0 Å². The highest BCUT2D eigenvalue weighted by Gasteiger charge is 2.52. The van der Waals surface area contributed by atoms with E-state index in [1.807, 2.05) is 35.2 Å². The quantitative estimate of drug-likeness (QED) is 0.827. The van der Waals surface area contributed by atoms with Gasteiger partial charge in [0.25, 0.3) is 0 Å². The molecule has 0 aromatic heterocycles. The Labute approximate surface area is 175 Å². The molecule has 7 nitrogen and oxygen atoms in total. The molecule has 1 spiro atoms. The van der Waals surface area contributed by atoms with Gasteiger partial charge in [-0.05, 0) is 18.2 Å². The second kappa shape index (κ2) is 6.93. The molecule has 1 atom stereocenters. The van der Waals surface area contributed by atoms with Crippen LogP contribution < -0.4 is 9.47 Å². The first-order chi connectivity index (χ1) is 14.5. The van der Waals surface area contributed by atoms with Crippen molar-refractivity contribution in [3.63, 3.8) is 0 Å². The van der Waals surface area contributed by atoms with Crippen LogP contribution >= 0.6 is 0 Å². The zero-order chi connectivity index (χ0) is 20.9. The van der Waals surface area contributed by atoms with Gasteiger partial charge in [0.1, 0.15) is 5.75 Å². The number of phenols is 1. The molecule has 2 aromatic rings. The Morgan fingerprint density at radius 2 is 1.97 bits per heavy atom. The van der Waals surface area contributed by atoms with Gasteiger partial charge in [-0.3, -0.25) is 4.79 Å². The largest absolute Gasteiger partial charge is 0.507 e. The number of nitrogens with zero attached hydrogens (tertiary/aromatic N) is 3. The van der Waals surface area contributed by atoms with Crippen LogP contribution in [0, 0.1) is 0 Å². The molecule has 1 fully saturated rings. The summed E-state index contributed by atoms with van der Waals surface area (Å²) in [6.07, 6.45) is 1.97. The van der Waals surface area contributed by atoms with Crippen molar-refractivity contribution >= 4 is 11.6 Å². The molecule has 1 N–H and O–H groups in total. The second-order valence-electron chi connectivity index (χ2n) is 8.06. The van der Waals surface area contributed by atoms with Crippen molar-refractivity contribution < 1.29 is 19.4 Å². The number of benzene rings is 2. The Morgan fingerprint density at radius 3 is 2.67 bits per heavy atom. The molecule has 0 aliphatic carbocycles. The van der Waals surface area contributed by atoms with E-state index in [4.69, 9.17) is 14.6 Å². The van der Waals surface area contributed by atoms with Gasteiger partial charge in [0.15, 0.2) is 11.5 Å². The third kappa shape index (κ3) is 2.80. The first-order valence-electron chi connectivity index (χ1n) is 10.3. The highest BCUT2D eigenvalue weighted by atomic mass is 16.5. The average Bonchev–Trinajstić information content (AvgIpc) is 3.21. The molecular formula is C23H25N3O4. The van der Waals surface area contributed by atoms with Crippen LogP contribution in [-0.2, 0) is 4.79 Å². The summed E-state index contributed by atoms with van der Waals surface area (Å²) in [4.78, 5) is 13.7. The lowest BCUT2D eigenvalue weighted by Gasteiger charge is -2.51. The number of amides is 1. The molecule has 1 saturated heterocycles. The van der Waals surface area contributed by atoms with E-state index in [-0.39, 0.29) is 17.7 Å². The summed E-state index contributed by atoms with van der Waals surface area (Å²) in [5.74, 6) is 1.76. The summed E-state index contributed by atoms with van der Waals surface area (Å²) in [5, 5.41) is 17.4. The summed E-state index contributed by atoms with van der Waals surface area (Å²) in [5.41, 5.74) is 1.96. The number of hydrogen-bond acceptors (Lipinski definition) is 6. The van der Waals surface area contributed by atoms with E-state index < -0.39 is 5.72 Å². The summed E-state index contributed by atoms with van der Waals surface area (Å²) < 4.78 is 12.2. The normalized spacial score (nSPS) is 21.5. The monoisotopic (exact) mass is 407 g/mol. The predicted molar refractivity (Wildman–Crippen MR) is 112 cm³/mol. The van der Waals surface area contributed by atoms with E-state index in [9.17, 15) is 9.90 Å². The summed E-state index contributed by atoms with van der Waals surface area (Å²) in [6.45, 7) is 2.83. The summed E-state index contributed by atoms with van der Waals surface area (Å²) >= 11 is 0. The van der Waals surface area contributed by atoms with Crippen LogP contribution in [0.4, 0.5) is 0 Å². The minimum Gasteiger partial charge on any atom is -0.507 e. The van der Waals surface area contributed by atoms with Gasteiger partial charge in [0.2, 0.25) is 11.6 Å². The highest BCUT2D eigenvalue weighted by molar-refractivity contribution is 6.04. The maximum atomic E-state index is 11.9. The summed E-state index contributed by atoms with van der Waals surface area (Å²) in [6, 6.07) is 13.2. The van der Waals surface area contributed by atoms with Crippen LogP contribution in [-0.4, -0.2) is 52.6 Å². The number of carbonyl (C=O) groups excluding carboxylic acids is 1. The molecule has 3 aliphatic rings. The second-order valence-corrected chi connectivity index (χ2v) is 8.06. The van der Waals surface area contributed by atoms with Crippen molar-refractivity contribution in [2.24, 2.45) is 5.10 Å². The van der Waals surface area contributed by atoms with E-state index in [2.05, 4.69) is 11.1 Å². The van der Waals surface area contributed by atoms with Crippen LogP contribution in [0.25, 0.3) is 0 Å². The first-order valence-corrected chi connectivity index (χ1v) is 10.3. The summed E-state index contributed by atoms with van der Waals surface area (Å²) in [7, 11) is 1.65. The number of para-hydroxylation sites is 2. The standard InChI is InChI=1S/C23H25N3O4/c1-15(27)25-12-10-23(11-13-25)26-19(17-7-5-9-21(29-2)22(17)30-23)14-18(24-26)16-6-3-4-8-20(16)28/h3-9,19,28H,10-14H2,1-2H3/t19-/m0/s1. The van der Waals surface area contributed by atoms with Crippen LogP contribution in [0.15, 0.2) is 47.6 Å². The number of likely N-dealkylation sites (tertiary alicyclic amines) is 1. The van der Waals surface area contributed by atoms with Crippen LogP contribution in [0.5, 0.6) is 17.2 Å². The Hall–Kier alpha value is -3.22. The number of carbonyl (C=O) groups is 1. The lowest BCUT2D eigenvalue weighted by Crippen LogP contribution is -2.59.